The van der Waals surface area contributed by atoms with Gasteiger partial charge in [0.25, 0.3) is 0 Å². The molecule has 0 radical (unpaired) electrons. The van der Waals surface area contributed by atoms with Gasteiger partial charge in [-0.05, 0) is 19.4 Å². The number of ether oxygens (including phenoxy) is 1. The highest BCUT2D eigenvalue weighted by Crippen LogP contribution is 2.29. The van der Waals surface area contributed by atoms with Gasteiger partial charge in [0.05, 0.1) is 24.7 Å². The molecule has 126 valence electrons. The third kappa shape index (κ3) is 2.65. The fourth-order valence-corrected chi connectivity index (χ4v) is 3.20. The molecule has 24 heavy (non-hydrogen) atoms. The molecule has 0 fully saturated rings. The molecule has 8 heteroatoms. The number of halogens is 1. The zero-order valence-corrected chi connectivity index (χ0v) is 14.6. The minimum atomic E-state index is 0.126. The van der Waals surface area contributed by atoms with E-state index in [1.807, 2.05) is 24.6 Å². The Hall–Kier alpha value is -2.38. The molecule has 0 atom stereocenters. The molecule has 0 aliphatic rings. The summed E-state index contributed by atoms with van der Waals surface area (Å²) in [5, 5.41) is 1.04. The molecule has 0 amide bonds. The molecule has 0 aliphatic heterocycles. The molecular formula is C16H19ClN6O. The second-order valence-electron chi connectivity index (χ2n) is 5.60. The third-order valence-electron chi connectivity index (χ3n) is 4.06. The second kappa shape index (κ2) is 6.26. The topological polar surface area (TPSA) is 105 Å². The molecule has 0 saturated heterocycles. The van der Waals surface area contributed by atoms with Crippen LogP contribution in [0.2, 0.25) is 5.15 Å². The van der Waals surface area contributed by atoms with Gasteiger partial charge in [0.2, 0.25) is 5.95 Å². The smallest absolute Gasteiger partial charge is 0.223 e. The number of anilines is 1. The molecule has 0 bridgehead atoms. The van der Waals surface area contributed by atoms with Crippen LogP contribution in [0.25, 0.3) is 11.0 Å². The van der Waals surface area contributed by atoms with Crippen molar-refractivity contribution in [3.05, 3.63) is 39.9 Å². The van der Waals surface area contributed by atoms with Crippen LogP contribution in [-0.4, -0.2) is 26.6 Å². The van der Waals surface area contributed by atoms with Crippen molar-refractivity contribution >= 4 is 28.6 Å². The number of aryl methyl sites for hydroxylation is 1. The highest BCUT2D eigenvalue weighted by Gasteiger charge is 2.17. The lowest BCUT2D eigenvalue weighted by molar-refractivity contribution is 0.406. The number of fused-ring (bicyclic) bond motifs is 1. The number of hydrogen-bond acceptors (Lipinski definition) is 6. The predicted octanol–water partition coefficient (Wildman–Crippen LogP) is 2.19. The standard InChI is InChI=1S/C16H19ClN6O/c1-8-5-20-11(9(2)13(8)24-3)7-23-6-10(4-18)12-14(17)21-16(19)22-15(12)23/h5-6H,4,7,18H2,1-3H3,(H2,19,21,22). The van der Waals surface area contributed by atoms with Crippen LogP contribution in [0, 0.1) is 13.8 Å². The summed E-state index contributed by atoms with van der Waals surface area (Å²) in [5.41, 5.74) is 16.0. The molecule has 3 heterocycles. The largest absolute Gasteiger partial charge is 0.496 e. The first-order chi connectivity index (χ1) is 11.5. The van der Waals surface area contributed by atoms with Crippen LogP contribution >= 0.6 is 11.6 Å². The van der Waals surface area contributed by atoms with E-state index in [0.29, 0.717) is 23.9 Å². The normalized spacial score (nSPS) is 11.2. The predicted molar refractivity (Wildman–Crippen MR) is 94.2 cm³/mol. The Bertz CT molecular complexity index is 921. The van der Waals surface area contributed by atoms with E-state index in [4.69, 9.17) is 27.8 Å². The van der Waals surface area contributed by atoms with Gasteiger partial charge in [-0.15, -0.1) is 0 Å². The van der Waals surface area contributed by atoms with Crippen LogP contribution in [-0.2, 0) is 13.1 Å². The maximum Gasteiger partial charge on any atom is 0.223 e. The summed E-state index contributed by atoms with van der Waals surface area (Å²) < 4.78 is 7.41. The molecule has 0 spiro atoms. The van der Waals surface area contributed by atoms with Crippen LogP contribution in [0.3, 0.4) is 0 Å². The van der Waals surface area contributed by atoms with E-state index in [2.05, 4.69) is 15.0 Å². The average Bonchev–Trinajstić information content (AvgIpc) is 2.88. The van der Waals surface area contributed by atoms with Crippen molar-refractivity contribution in [2.45, 2.75) is 26.9 Å². The maximum atomic E-state index is 6.23. The van der Waals surface area contributed by atoms with Gasteiger partial charge in [0.1, 0.15) is 16.5 Å². The van der Waals surface area contributed by atoms with Crippen LogP contribution in [0.15, 0.2) is 12.4 Å². The molecule has 3 rings (SSSR count). The highest BCUT2D eigenvalue weighted by atomic mass is 35.5. The van der Waals surface area contributed by atoms with Crippen molar-refractivity contribution in [3.8, 4) is 5.75 Å². The number of nitrogens with two attached hydrogens (primary N) is 2. The highest BCUT2D eigenvalue weighted by molar-refractivity contribution is 6.34. The SMILES string of the molecule is COc1c(C)cnc(Cn2cc(CN)c3c(Cl)nc(N)nc32)c1C. The number of aromatic nitrogens is 4. The Morgan fingerprint density at radius 3 is 2.71 bits per heavy atom. The van der Waals surface area contributed by atoms with Crippen LogP contribution in [0.1, 0.15) is 22.4 Å². The first-order valence-corrected chi connectivity index (χ1v) is 7.83. The van der Waals surface area contributed by atoms with Crippen molar-refractivity contribution in [1.29, 1.82) is 0 Å². The molecule has 7 nitrogen and oxygen atoms in total. The Kier molecular flexibility index (Phi) is 4.29. The van der Waals surface area contributed by atoms with Crippen molar-refractivity contribution in [1.82, 2.24) is 19.5 Å². The zero-order chi connectivity index (χ0) is 17.4. The lowest BCUT2D eigenvalue weighted by Gasteiger charge is -2.13. The zero-order valence-electron chi connectivity index (χ0n) is 13.8. The minimum absolute atomic E-state index is 0.126. The van der Waals surface area contributed by atoms with Gasteiger partial charge < -0.3 is 20.8 Å². The summed E-state index contributed by atoms with van der Waals surface area (Å²) in [5.74, 6) is 0.962. The number of pyridine rings is 1. The summed E-state index contributed by atoms with van der Waals surface area (Å²) in [6.07, 6.45) is 3.71. The van der Waals surface area contributed by atoms with Gasteiger partial charge in [-0.1, -0.05) is 11.6 Å². The van der Waals surface area contributed by atoms with Gasteiger partial charge in [0, 0.05) is 30.1 Å². The van der Waals surface area contributed by atoms with E-state index in [0.717, 1.165) is 33.5 Å². The summed E-state index contributed by atoms with van der Waals surface area (Å²) in [7, 11) is 1.66. The fourth-order valence-electron chi connectivity index (χ4n) is 2.90. The van der Waals surface area contributed by atoms with Crippen LogP contribution in [0.5, 0.6) is 5.75 Å². The number of hydrogen-bond donors (Lipinski definition) is 2. The Morgan fingerprint density at radius 2 is 2.04 bits per heavy atom. The van der Waals surface area contributed by atoms with Gasteiger partial charge >= 0.3 is 0 Å². The summed E-state index contributed by atoms with van der Waals surface area (Å²) in [6, 6.07) is 0. The van der Waals surface area contributed by atoms with E-state index in [1.165, 1.54) is 0 Å². The molecule has 0 unspecified atom stereocenters. The number of nitrogen functional groups attached to an aromatic ring is 1. The third-order valence-corrected chi connectivity index (χ3v) is 4.33. The summed E-state index contributed by atoms with van der Waals surface area (Å²) in [4.78, 5) is 12.9. The molecule has 0 aliphatic carbocycles. The molecule has 0 aromatic carbocycles. The lowest BCUT2D eigenvalue weighted by Crippen LogP contribution is -2.07. The molecular weight excluding hydrogens is 328 g/mol. The number of rotatable bonds is 4. The Labute approximate surface area is 144 Å². The lowest BCUT2D eigenvalue weighted by atomic mass is 10.1. The molecule has 4 N–H and O–H groups in total. The van der Waals surface area contributed by atoms with Crippen molar-refractivity contribution in [3.63, 3.8) is 0 Å². The maximum absolute atomic E-state index is 6.23. The van der Waals surface area contributed by atoms with E-state index < -0.39 is 0 Å². The van der Waals surface area contributed by atoms with E-state index in [9.17, 15) is 0 Å². The molecule has 3 aromatic rings. The first kappa shape index (κ1) is 16.5. The van der Waals surface area contributed by atoms with Crippen molar-refractivity contribution < 1.29 is 4.74 Å². The average molecular weight is 347 g/mol. The van der Waals surface area contributed by atoms with E-state index >= 15 is 0 Å². The van der Waals surface area contributed by atoms with Crippen molar-refractivity contribution in [2.24, 2.45) is 5.73 Å². The molecule has 3 aromatic heterocycles. The van der Waals surface area contributed by atoms with E-state index in [-0.39, 0.29) is 5.95 Å². The van der Waals surface area contributed by atoms with Gasteiger partial charge in [-0.25, -0.2) is 4.98 Å². The van der Waals surface area contributed by atoms with Gasteiger partial charge in [-0.3, -0.25) is 4.98 Å². The van der Waals surface area contributed by atoms with Crippen LogP contribution in [0.4, 0.5) is 5.95 Å². The minimum Gasteiger partial charge on any atom is -0.496 e. The summed E-state index contributed by atoms with van der Waals surface area (Å²) in [6.45, 7) is 4.79. The monoisotopic (exact) mass is 346 g/mol. The Morgan fingerprint density at radius 1 is 1.29 bits per heavy atom. The Balaban J connectivity index is 2.15. The fraction of sp³-hybridized carbons (Fsp3) is 0.312. The van der Waals surface area contributed by atoms with Crippen LogP contribution < -0.4 is 16.2 Å². The van der Waals surface area contributed by atoms with Gasteiger partial charge in [-0.2, -0.15) is 4.98 Å². The summed E-state index contributed by atoms with van der Waals surface area (Å²) >= 11 is 6.23. The second-order valence-corrected chi connectivity index (χ2v) is 5.96. The first-order valence-electron chi connectivity index (χ1n) is 7.46. The quantitative estimate of drug-likeness (QED) is 0.701. The molecule has 0 saturated carbocycles. The van der Waals surface area contributed by atoms with Gasteiger partial charge in [0.15, 0.2) is 0 Å². The van der Waals surface area contributed by atoms with Crippen molar-refractivity contribution in [2.75, 3.05) is 12.8 Å². The number of methoxy groups -OCH3 is 1. The number of nitrogens with zero attached hydrogens (tertiary/aromatic N) is 4. The van der Waals surface area contributed by atoms with E-state index in [1.54, 1.807) is 13.3 Å².